The molecule has 0 radical (unpaired) electrons. The van der Waals surface area contributed by atoms with Gasteiger partial charge in [0.25, 0.3) is 0 Å². The van der Waals surface area contributed by atoms with Gasteiger partial charge in [-0.1, -0.05) is 13.8 Å². The Kier molecular flexibility index (Phi) is 2.45. The molecule has 114 valence electrons. The van der Waals surface area contributed by atoms with Crippen LogP contribution in [0.1, 0.15) is 68.9 Å². The minimum Gasteiger partial charge on any atom is -0.462 e. The van der Waals surface area contributed by atoms with Crippen molar-refractivity contribution in [2.75, 3.05) is 7.11 Å². The van der Waals surface area contributed by atoms with E-state index in [0.29, 0.717) is 16.7 Å². The molecule has 5 rings (SSSR count). The predicted octanol–water partition coefficient (Wildman–Crippen LogP) is 3.10. The summed E-state index contributed by atoms with van der Waals surface area (Å²) in [4.78, 5) is 11.6. The average molecular weight is 290 g/mol. The van der Waals surface area contributed by atoms with Crippen LogP contribution in [0.5, 0.6) is 0 Å². The van der Waals surface area contributed by atoms with Crippen LogP contribution in [0.3, 0.4) is 0 Å². The Hall–Kier alpha value is -1.39. The normalized spacial score (nSPS) is 44.0. The molecule has 5 nitrogen and oxygen atoms in total. The van der Waals surface area contributed by atoms with Crippen molar-refractivity contribution in [3.05, 3.63) is 11.8 Å². The van der Waals surface area contributed by atoms with Crippen LogP contribution in [-0.2, 0) is 10.2 Å². The zero-order valence-corrected chi connectivity index (χ0v) is 12.9. The summed E-state index contributed by atoms with van der Waals surface area (Å²) in [6.45, 7) is 4.81. The fourth-order valence-electron chi connectivity index (χ4n) is 6.29. The number of hydrogen-bond donors (Lipinski definition) is 0. The van der Waals surface area contributed by atoms with E-state index in [4.69, 9.17) is 4.42 Å². The van der Waals surface area contributed by atoms with Gasteiger partial charge in [-0.3, -0.25) is 0 Å². The second-order valence-electron chi connectivity index (χ2n) is 8.31. The Morgan fingerprint density at radius 3 is 2.38 bits per heavy atom. The predicted molar refractivity (Wildman–Crippen MR) is 74.7 cm³/mol. The highest BCUT2D eigenvalue weighted by molar-refractivity contribution is 5.83. The molecule has 0 amide bonds. The topological polar surface area (TPSA) is 65.2 Å². The maximum atomic E-state index is 11.6. The number of hydrogen-bond acceptors (Lipinski definition) is 5. The molecule has 5 heteroatoms. The van der Waals surface area contributed by atoms with Gasteiger partial charge in [0.2, 0.25) is 5.89 Å². The zero-order valence-electron chi connectivity index (χ0n) is 12.9. The Balaban J connectivity index is 1.74. The lowest BCUT2D eigenvalue weighted by Crippen LogP contribution is -2.57. The zero-order chi connectivity index (χ0) is 14.9. The second-order valence-corrected chi connectivity index (χ2v) is 8.31. The number of aromatic nitrogens is 2. The van der Waals surface area contributed by atoms with Crippen LogP contribution in [0.4, 0.5) is 0 Å². The van der Waals surface area contributed by atoms with E-state index in [2.05, 4.69) is 28.8 Å². The fourth-order valence-corrected chi connectivity index (χ4v) is 6.29. The Morgan fingerprint density at radius 1 is 1.14 bits per heavy atom. The van der Waals surface area contributed by atoms with Crippen LogP contribution in [0, 0.1) is 16.7 Å². The van der Waals surface area contributed by atoms with Crippen molar-refractivity contribution in [1.29, 1.82) is 0 Å². The molecule has 21 heavy (non-hydrogen) atoms. The largest absolute Gasteiger partial charge is 0.462 e. The molecule has 0 saturated heterocycles. The lowest BCUT2D eigenvalue weighted by molar-refractivity contribution is -0.117. The summed E-state index contributed by atoms with van der Waals surface area (Å²) in [7, 11) is 1.33. The molecule has 0 spiro atoms. The Morgan fingerprint density at radius 2 is 1.81 bits per heavy atom. The van der Waals surface area contributed by atoms with Gasteiger partial charge in [0.1, 0.15) is 0 Å². The van der Waals surface area contributed by atoms with E-state index in [9.17, 15) is 4.79 Å². The Labute approximate surface area is 124 Å². The standard InChI is InChI=1S/C16H22N2O3/c1-14-4-10-5-15(2,7-14)9-16(6-10,8-14)13-18-17-11(21-13)12(19)20-3/h10H,4-9H2,1-3H3. The molecular weight excluding hydrogens is 268 g/mol. The first-order chi connectivity index (χ1) is 9.85. The van der Waals surface area contributed by atoms with Gasteiger partial charge < -0.3 is 9.15 Å². The molecule has 1 heterocycles. The van der Waals surface area contributed by atoms with Gasteiger partial charge in [0, 0.05) is 5.41 Å². The van der Waals surface area contributed by atoms with Crippen molar-refractivity contribution < 1.29 is 13.9 Å². The van der Waals surface area contributed by atoms with Crippen molar-refractivity contribution in [2.45, 2.75) is 57.8 Å². The summed E-state index contributed by atoms with van der Waals surface area (Å²) < 4.78 is 10.4. The van der Waals surface area contributed by atoms with E-state index in [0.717, 1.165) is 25.2 Å². The molecule has 4 aliphatic rings. The first kappa shape index (κ1) is 13.3. The highest BCUT2D eigenvalue weighted by Crippen LogP contribution is 2.69. The van der Waals surface area contributed by atoms with E-state index in [-0.39, 0.29) is 11.3 Å². The van der Waals surface area contributed by atoms with Crippen LogP contribution >= 0.6 is 0 Å². The molecule has 0 aromatic carbocycles. The molecule has 2 atom stereocenters. The van der Waals surface area contributed by atoms with Crippen LogP contribution in [0.25, 0.3) is 0 Å². The molecular formula is C16H22N2O3. The number of esters is 1. The first-order valence-corrected chi connectivity index (χ1v) is 7.78. The third kappa shape index (κ3) is 1.86. The van der Waals surface area contributed by atoms with Crippen molar-refractivity contribution in [1.82, 2.24) is 10.2 Å². The quantitative estimate of drug-likeness (QED) is 0.783. The Bertz CT molecular complexity index is 590. The van der Waals surface area contributed by atoms with Crippen molar-refractivity contribution in [3.8, 4) is 0 Å². The van der Waals surface area contributed by atoms with Gasteiger partial charge in [0.05, 0.1) is 7.11 Å². The van der Waals surface area contributed by atoms with Crippen LogP contribution in [0.2, 0.25) is 0 Å². The van der Waals surface area contributed by atoms with Gasteiger partial charge in [-0.15, -0.1) is 10.2 Å². The second kappa shape index (κ2) is 3.87. The molecule has 1 aromatic rings. The van der Waals surface area contributed by atoms with E-state index in [1.165, 1.54) is 26.4 Å². The summed E-state index contributed by atoms with van der Waals surface area (Å²) in [6.07, 6.45) is 7.28. The smallest absolute Gasteiger partial charge is 0.396 e. The van der Waals surface area contributed by atoms with Crippen LogP contribution < -0.4 is 0 Å². The number of methoxy groups -OCH3 is 1. The lowest BCUT2D eigenvalue weighted by Gasteiger charge is -2.64. The van der Waals surface area contributed by atoms with Gasteiger partial charge in [-0.25, -0.2) is 4.79 Å². The maximum Gasteiger partial charge on any atom is 0.396 e. The minimum atomic E-state index is -0.545. The van der Waals surface area contributed by atoms with E-state index < -0.39 is 5.97 Å². The summed E-state index contributed by atoms with van der Waals surface area (Å²) in [5, 5.41) is 8.12. The number of ether oxygens (including phenoxy) is 1. The van der Waals surface area contributed by atoms with Gasteiger partial charge in [-0.2, -0.15) is 0 Å². The van der Waals surface area contributed by atoms with Gasteiger partial charge >= 0.3 is 11.9 Å². The van der Waals surface area contributed by atoms with E-state index >= 15 is 0 Å². The SMILES string of the molecule is COC(=O)c1nnc(C23CC4CC(C)(CC(C)(C4)C2)C3)o1. The van der Waals surface area contributed by atoms with Gasteiger partial charge in [-0.05, 0) is 55.3 Å². The molecule has 4 saturated carbocycles. The summed E-state index contributed by atoms with van der Waals surface area (Å²) in [6, 6.07) is 0. The van der Waals surface area contributed by atoms with E-state index in [1.807, 2.05) is 0 Å². The summed E-state index contributed by atoms with van der Waals surface area (Å²) >= 11 is 0. The number of nitrogens with zero attached hydrogens (tertiary/aromatic N) is 2. The summed E-state index contributed by atoms with van der Waals surface area (Å²) in [5.41, 5.74) is 0.740. The fraction of sp³-hybridized carbons (Fsp3) is 0.812. The third-order valence-electron chi connectivity index (χ3n) is 5.86. The number of carbonyl (C=O) groups is 1. The molecule has 4 fully saturated rings. The highest BCUT2D eigenvalue weighted by atomic mass is 16.5. The summed E-state index contributed by atoms with van der Waals surface area (Å²) in [5.74, 6) is 0.851. The van der Waals surface area contributed by atoms with Crippen molar-refractivity contribution >= 4 is 5.97 Å². The van der Waals surface area contributed by atoms with E-state index in [1.54, 1.807) is 0 Å². The maximum absolute atomic E-state index is 11.6. The number of carbonyl (C=O) groups excluding carboxylic acids is 1. The molecule has 2 unspecified atom stereocenters. The monoisotopic (exact) mass is 290 g/mol. The average Bonchev–Trinajstić information content (AvgIpc) is 2.83. The molecule has 4 bridgehead atoms. The molecule has 0 aliphatic heterocycles. The lowest BCUT2D eigenvalue weighted by atomic mass is 9.40. The first-order valence-electron chi connectivity index (χ1n) is 7.78. The van der Waals surface area contributed by atoms with Crippen molar-refractivity contribution in [3.63, 3.8) is 0 Å². The molecule has 1 aromatic heterocycles. The van der Waals surface area contributed by atoms with Gasteiger partial charge in [0.15, 0.2) is 0 Å². The highest BCUT2D eigenvalue weighted by Gasteiger charge is 2.62. The van der Waals surface area contributed by atoms with Crippen molar-refractivity contribution in [2.24, 2.45) is 16.7 Å². The number of rotatable bonds is 2. The van der Waals surface area contributed by atoms with Crippen LogP contribution in [0.15, 0.2) is 4.42 Å². The third-order valence-corrected chi connectivity index (χ3v) is 5.86. The molecule has 4 aliphatic carbocycles. The molecule has 0 N–H and O–H groups in total. The van der Waals surface area contributed by atoms with Crippen LogP contribution in [-0.4, -0.2) is 23.3 Å². The minimum absolute atomic E-state index is 0.0152.